The molecule has 2 heterocycles. The summed E-state index contributed by atoms with van der Waals surface area (Å²) in [4.78, 5) is 10.6. The molecule has 3 rings (SSSR count). The molecule has 0 saturated heterocycles. The zero-order valence-electron chi connectivity index (χ0n) is 11.8. The van der Waals surface area contributed by atoms with Crippen molar-refractivity contribution < 1.29 is 5.11 Å². The van der Waals surface area contributed by atoms with Crippen molar-refractivity contribution in [1.82, 2.24) is 24.6 Å². The van der Waals surface area contributed by atoms with Gasteiger partial charge in [0.1, 0.15) is 12.1 Å². The van der Waals surface area contributed by atoms with Crippen molar-refractivity contribution in [1.29, 1.82) is 0 Å². The second-order valence-electron chi connectivity index (χ2n) is 5.36. The van der Waals surface area contributed by atoms with Gasteiger partial charge in [0.15, 0.2) is 5.65 Å². The number of likely N-dealkylation sites (N-methyl/N-ethyl adjacent to an activating group) is 1. The van der Waals surface area contributed by atoms with Crippen LogP contribution in [0.15, 0.2) is 12.5 Å². The van der Waals surface area contributed by atoms with Gasteiger partial charge in [0.05, 0.1) is 24.2 Å². The number of hydrogen-bond acceptors (Lipinski definition) is 6. The van der Waals surface area contributed by atoms with Crippen molar-refractivity contribution in [2.75, 3.05) is 26.0 Å². The lowest BCUT2D eigenvalue weighted by molar-refractivity contribution is 0.104. The zero-order chi connectivity index (χ0) is 14.1. The van der Waals surface area contributed by atoms with E-state index in [1.54, 1.807) is 10.9 Å². The van der Waals surface area contributed by atoms with E-state index in [1.807, 2.05) is 7.05 Å². The molecule has 2 aromatic heterocycles. The summed E-state index contributed by atoms with van der Waals surface area (Å²) in [6.07, 6.45) is 5.28. The lowest BCUT2D eigenvalue weighted by Gasteiger charge is -2.20. The molecule has 1 fully saturated rings. The Bertz CT molecular complexity index is 594. The van der Waals surface area contributed by atoms with Gasteiger partial charge in [0, 0.05) is 19.6 Å². The number of nitrogens with zero attached hydrogens (tertiary/aromatic N) is 5. The number of aliphatic hydroxyl groups is 1. The molecular formula is C13H20N6O. The van der Waals surface area contributed by atoms with E-state index in [1.165, 1.54) is 19.2 Å². The molecule has 7 nitrogen and oxygen atoms in total. The van der Waals surface area contributed by atoms with Gasteiger partial charge in [-0.05, 0) is 19.9 Å². The van der Waals surface area contributed by atoms with E-state index >= 15 is 0 Å². The summed E-state index contributed by atoms with van der Waals surface area (Å²) in [7, 11) is 3.88. The number of nitrogens with one attached hydrogen (secondary N) is 1. The van der Waals surface area contributed by atoms with Crippen LogP contribution in [-0.4, -0.2) is 62.5 Å². The Morgan fingerprint density at radius 2 is 2.30 bits per heavy atom. The van der Waals surface area contributed by atoms with Gasteiger partial charge in [-0.1, -0.05) is 0 Å². The van der Waals surface area contributed by atoms with Crippen LogP contribution in [0.25, 0.3) is 11.0 Å². The first-order valence-electron chi connectivity index (χ1n) is 6.91. The van der Waals surface area contributed by atoms with Crippen LogP contribution in [0.5, 0.6) is 0 Å². The number of hydrogen-bond donors (Lipinski definition) is 2. The number of fused-ring (bicyclic) bond motifs is 1. The van der Waals surface area contributed by atoms with Crippen LogP contribution in [0.4, 0.5) is 5.82 Å². The summed E-state index contributed by atoms with van der Waals surface area (Å²) in [5.74, 6) is 0.755. The van der Waals surface area contributed by atoms with E-state index in [0.29, 0.717) is 19.1 Å². The quantitative estimate of drug-likeness (QED) is 0.791. The van der Waals surface area contributed by atoms with Gasteiger partial charge in [-0.25, -0.2) is 14.6 Å². The highest BCUT2D eigenvalue weighted by atomic mass is 16.3. The van der Waals surface area contributed by atoms with Crippen LogP contribution in [0.1, 0.15) is 12.8 Å². The van der Waals surface area contributed by atoms with Crippen LogP contribution in [0, 0.1) is 0 Å². The first-order valence-corrected chi connectivity index (χ1v) is 6.91. The van der Waals surface area contributed by atoms with Gasteiger partial charge in [-0.2, -0.15) is 5.10 Å². The van der Waals surface area contributed by atoms with Crippen molar-refractivity contribution in [2.24, 2.45) is 0 Å². The van der Waals surface area contributed by atoms with Gasteiger partial charge < -0.3 is 15.3 Å². The highest BCUT2D eigenvalue weighted by Gasteiger charge is 2.27. The fourth-order valence-corrected chi connectivity index (χ4v) is 2.48. The van der Waals surface area contributed by atoms with E-state index in [9.17, 15) is 5.11 Å². The predicted octanol–water partition coefficient (Wildman–Crippen LogP) is 0.323. The predicted molar refractivity (Wildman–Crippen MR) is 76.5 cm³/mol. The molecule has 7 heteroatoms. The van der Waals surface area contributed by atoms with Crippen molar-refractivity contribution in [3.05, 3.63) is 12.5 Å². The van der Waals surface area contributed by atoms with Crippen molar-refractivity contribution in [3.63, 3.8) is 0 Å². The van der Waals surface area contributed by atoms with Crippen LogP contribution >= 0.6 is 0 Å². The smallest absolute Gasteiger partial charge is 0.163 e. The molecule has 2 N–H and O–H groups in total. The summed E-state index contributed by atoms with van der Waals surface area (Å²) < 4.78 is 1.74. The van der Waals surface area contributed by atoms with E-state index in [0.717, 1.165) is 16.9 Å². The fourth-order valence-electron chi connectivity index (χ4n) is 2.48. The zero-order valence-corrected chi connectivity index (χ0v) is 11.8. The number of aliphatic hydroxyl groups excluding tert-OH is 1. The summed E-state index contributed by atoms with van der Waals surface area (Å²) in [5.41, 5.74) is 0.748. The van der Waals surface area contributed by atoms with E-state index in [-0.39, 0.29) is 0 Å². The molecule has 0 radical (unpaired) electrons. The van der Waals surface area contributed by atoms with Gasteiger partial charge in [-0.15, -0.1) is 0 Å². The Morgan fingerprint density at radius 3 is 3.00 bits per heavy atom. The maximum absolute atomic E-state index is 10.2. The van der Waals surface area contributed by atoms with Gasteiger partial charge in [0.2, 0.25) is 0 Å². The monoisotopic (exact) mass is 276 g/mol. The molecule has 0 aromatic carbocycles. The first-order chi connectivity index (χ1) is 9.69. The summed E-state index contributed by atoms with van der Waals surface area (Å²) in [6, 6.07) is 0.650. The minimum absolute atomic E-state index is 0.445. The molecule has 1 saturated carbocycles. The lowest BCUT2D eigenvalue weighted by Crippen LogP contribution is -2.33. The highest BCUT2D eigenvalue weighted by Crippen LogP contribution is 2.25. The van der Waals surface area contributed by atoms with Crippen molar-refractivity contribution in [2.45, 2.75) is 31.5 Å². The molecule has 0 bridgehead atoms. The SMILES string of the molecule is CNc1ncnc2c1cnn2CC(O)CN(C)C1CC1. The van der Waals surface area contributed by atoms with E-state index < -0.39 is 6.10 Å². The van der Waals surface area contributed by atoms with Crippen LogP contribution in [-0.2, 0) is 6.54 Å². The maximum atomic E-state index is 10.2. The Labute approximate surface area is 117 Å². The van der Waals surface area contributed by atoms with Gasteiger partial charge in [-0.3, -0.25) is 0 Å². The van der Waals surface area contributed by atoms with Crippen LogP contribution < -0.4 is 5.32 Å². The topological polar surface area (TPSA) is 79.1 Å². The normalized spacial score (nSPS) is 16.8. The van der Waals surface area contributed by atoms with Gasteiger partial charge >= 0.3 is 0 Å². The maximum Gasteiger partial charge on any atom is 0.163 e. The summed E-state index contributed by atoms with van der Waals surface area (Å²) in [5, 5.41) is 18.4. The molecule has 0 amide bonds. The van der Waals surface area contributed by atoms with Gasteiger partial charge in [0.25, 0.3) is 0 Å². The molecule has 2 aromatic rings. The Balaban J connectivity index is 1.73. The highest BCUT2D eigenvalue weighted by molar-refractivity contribution is 5.85. The molecule has 0 aliphatic heterocycles. The largest absolute Gasteiger partial charge is 0.390 e. The van der Waals surface area contributed by atoms with Crippen LogP contribution in [0.2, 0.25) is 0 Å². The molecule has 1 atom stereocenters. The molecule has 0 spiro atoms. The molecule has 1 aliphatic rings. The Morgan fingerprint density at radius 1 is 1.50 bits per heavy atom. The van der Waals surface area contributed by atoms with E-state index in [4.69, 9.17) is 0 Å². The third-order valence-electron chi connectivity index (χ3n) is 3.72. The average Bonchev–Trinajstić information content (AvgIpc) is 3.22. The standard InChI is InChI=1S/C13H20N6O/c1-14-12-11-5-17-19(13(11)16-8-15-12)7-10(20)6-18(2)9-3-4-9/h5,8-10,20H,3-4,6-7H2,1-2H3,(H,14,15,16). The number of rotatable bonds is 6. The van der Waals surface area contributed by atoms with Crippen molar-refractivity contribution >= 4 is 16.9 Å². The third kappa shape index (κ3) is 2.59. The molecule has 108 valence electrons. The first kappa shape index (κ1) is 13.3. The second kappa shape index (κ2) is 5.34. The molecule has 1 unspecified atom stereocenters. The second-order valence-corrected chi connectivity index (χ2v) is 5.36. The number of aromatic nitrogens is 4. The average molecular weight is 276 g/mol. The lowest BCUT2D eigenvalue weighted by atomic mass is 10.3. The summed E-state index contributed by atoms with van der Waals surface area (Å²) >= 11 is 0. The fraction of sp³-hybridized carbons (Fsp3) is 0.615. The number of anilines is 1. The molecule has 20 heavy (non-hydrogen) atoms. The third-order valence-corrected chi connectivity index (χ3v) is 3.72. The minimum atomic E-state index is -0.447. The van der Waals surface area contributed by atoms with E-state index in [2.05, 4.69) is 32.3 Å². The summed E-state index contributed by atoms with van der Waals surface area (Å²) in [6.45, 7) is 1.11. The minimum Gasteiger partial charge on any atom is -0.390 e. The molecule has 1 aliphatic carbocycles. The Kier molecular flexibility index (Phi) is 3.54. The van der Waals surface area contributed by atoms with Crippen LogP contribution in [0.3, 0.4) is 0 Å². The van der Waals surface area contributed by atoms with Crippen molar-refractivity contribution in [3.8, 4) is 0 Å². The Hall–Kier alpha value is -1.73. The molecular weight excluding hydrogens is 256 g/mol.